The molecule has 2 aliphatic carbocycles. The second-order valence-corrected chi connectivity index (χ2v) is 12.2. The number of rotatable bonds is 3. The summed E-state index contributed by atoms with van der Waals surface area (Å²) in [5, 5.41) is 4.99. The van der Waals surface area contributed by atoms with Crippen LogP contribution in [0.4, 0.5) is 0 Å². The molecule has 1 aromatic heterocycles. The number of carbonyl (C=O) groups is 1. The number of nitrogens with one attached hydrogen (secondary N) is 1. The van der Waals surface area contributed by atoms with Gasteiger partial charge in [-0.25, -0.2) is 13.4 Å². The summed E-state index contributed by atoms with van der Waals surface area (Å²) >= 11 is 7.81. The maximum atomic E-state index is 12.3. The predicted molar refractivity (Wildman–Crippen MR) is 107 cm³/mol. The molecule has 5 rings (SSSR count). The van der Waals surface area contributed by atoms with E-state index < -0.39 is 9.84 Å². The van der Waals surface area contributed by atoms with Crippen molar-refractivity contribution in [2.75, 3.05) is 11.5 Å². The number of fused-ring (bicyclic) bond motifs is 1. The van der Waals surface area contributed by atoms with Crippen LogP contribution in [0.3, 0.4) is 0 Å². The normalized spacial score (nSPS) is 34.3. The molecule has 0 bridgehead atoms. The molecule has 1 spiro atoms. The van der Waals surface area contributed by atoms with Gasteiger partial charge in [-0.2, -0.15) is 0 Å². The van der Waals surface area contributed by atoms with Crippen LogP contribution in [0.15, 0.2) is 18.2 Å². The van der Waals surface area contributed by atoms with Gasteiger partial charge in [-0.05, 0) is 55.7 Å². The van der Waals surface area contributed by atoms with Crippen molar-refractivity contribution in [3.05, 3.63) is 28.2 Å². The van der Waals surface area contributed by atoms with Crippen LogP contribution in [0, 0.1) is 11.3 Å². The minimum Gasteiger partial charge on any atom is -0.353 e. The molecule has 5 nitrogen and oxygen atoms in total. The van der Waals surface area contributed by atoms with Crippen molar-refractivity contribution < 1.29 is 13.2 Å². The zero-order valence-electron chi connectivity index (χ0n) is 14.8. The average molecular weight is 425 g/mol. The predicted octanol–water partition coefficient (Wildman–Crippen LogP) is 3.53. The minimum absolute atomic E-state index is 0.0143. The van der Waals surface area contributed by atoms with E-state index in [1.807, 2.05) is 18.2 Å². The van der Waals surface area contributed by atoms with Crippen LogP contribution in [-0.4, -0.2) is 36.9 Å². The highest BCUT2D eigenvalue weighted by Gasteiger charge is 2.54. The molecule has 2 saturated carbocycles. The summed E-state index contributed by atoms with van der Waals surface area (Å²) in [5.41, 5.74) is 1.33. The zero-order valence-corrected chi connectivity index (χ0v) is 17.2. The fraction of sp³-hybridized carbons (Fsp3) is 0.579. The van der Waals surface area contributed by atoms with Gasteiger partial charge in [0.2, 0.25) is 5.91 Å². The molecule has 1 N–H and O–H groups in total. The summed E-state index contributed by atoms with van der Waals surface area (Å²) in [7, 11) is -3.01. The molecule has 1 unspecified atom stereocenters. The number of nitrogens with zero attached hydrogens (tertiary/aromatic N) is 1. The Kier molecular flexibility index (Phi) is 4.08. The lowest BCUT2D eigenvalue weighted by Gasteiger charge is -2.57. The van der Waals surface area contributed by atoms with Gasteiger partial charge in [-0.1, -0.05) is 11.6 Å². The fourth-order valence-electron chi connectivity index (χ4n) is 5.00. The first-order valence-electron chi connectivity index (χ1n) is 9.38. The van der Waals surface area contributed by atoms with Crippen LogP contribution in [0.5, 0.6) is 0 Å². The second kappa shape index (κ2) is 6.16. The average Bonchev–Trinajstić information content (AvgIpc) is 3.10. The molecule has 1 amide bonds. The molecule has 1 aromatic carbocycles. The maximum Gasteiger partial charge on any atom is 0.224 e. The first-order valence-corrected chi connectivity index (χ1v) is 12.4. The Hall–Kier alpha value is -1.18. The van der Waals surface area contributed by atoms with E-state index >= 15 is 0 Å². The van der Waals surface area contributed by atoms with Gasteiger partial charge < -0.3 is 5.32 Å². The highest BCUT2D eigenvalue weighted by Crippen LogP contribution is 2.62. The highest BCUT2D eigenvalue weighted by atomic mass is 35.5. The van der Waals surface area contributed by atoms with Crippen molar-refractivity contribution in [3.8, 4) is 0 Å². The number of halogens is 1. The Balaban J connectivity index is 1.15. The molecule has 144 valence electrons. The van der Waals surface area contributed by atoms with Crippen molar-refractivity contribution in [3.63, 3.8) is 0 Å². The summed E-state index contributed by atoms with van der Waals surface area (Å²) in [4.78, 5) is 17.0. The SMILES string of the molecule is O=C(NC1CC2(C1)CC(c1nc3cc(Cl)ccc3s1)C2)C1CCS(=O)(=O)C1. The molecule has 0 radical (unpaired) electrons. The van der Waals surface area contributed by atoms with Gasteiger partial charge in [0.05, 0.1) is 32.6 Å². The number of amides is 1. The van der Waals surface area contributed by atoms with Crippen LogP contribution in [-0.2, 0) is 14.6 Å². The number of hydrogen-bond donors (Lipinski definition) is 1. The number of sulfone groups is 1. The quantitative estimate of drug-likeness (QED) is 0.817. The minimum atomic E-state index is -3.01. The third-order valence-corrected chi connectivity index (χ3v) is 9.58. The standard InChI is InChI=1S/C19H21ClN2O3S2/c20-13-1-2-16-15(5-13)22-18(26-16)12-6-19(7-12)8-14(9-19)21-17(23)11-3-4-27(24,25)10-11/h1-2,5,11-12,14H,3-4,6-10H2,(H,21,23). The number of aromatic nitrogens is 1. The van der Waals surface area contributed by atoms with Gasteiger partial charge in [-0.3, -0.25) is 4.79 Å². The third-order valence-electron chi connectivity index (χ3n) is 6.38. The maximum absolute atomic E-state index is 12.3. The van der Waals surface area contributed by atoms with E-state index in [4.69, 9.17) is 16.6 Å². The van der Waals surface area contributed by atoms with Crippen molar-refractivity contribution in [2.24, 2.45) is 11.3 Å². The molecule has 27 heavy (non-hydrogen) atoms. The number of benzene rings is 1. The summed E-state index contributed by atoms with van der Waals surface area (Å²) in [5.74, 6) is 0.248. The van der Waals surface area contributed by atoms with Crippen molar-refractivity contribution >= 4 is 48.9 Å². The van der Waals surface area contributed by atoms with Crippen molar-refractivity contribution in [2.45, 2.75) is 44.1 Å². The number of carbonyl (C=O) groups excluding carboxylic acids is 1. The molecular weight excluding hydrogens is 404 g/mol. The molecule has 1 aliphatic heterocycles. The van der Waals surface area contributed by atoms with Crippen LogP contribution in [0.25, 0.3) is 10.2 Å². The van der Waals surface area contributed by atoms with Gasteiger partial charge in [-0.15, -0.1) is 11.3 Å². The van der Waals surface area contributed by atoms with Gasteiger partial charge in [0.25, 0.3) is 0 Å². The van der Waals surface area contributed by atoms with E-state index in [2.05, 4.69) is 5.32 Å². The van der Waals surface area contributed by atoms with Crippen LogP contribution in [0.2, 0.25) is 5.02 Å². The van der Waals surface area contributed by atoms with E-state index in [9.17, 15) is 13.2 Å². The number of thiazole rings is 1. The lowest BCUT2D eigenvalue weighted by atomic mass is 9.50. The zero-order chi connectivity index (χ0) is 18.8. The largest absolute Gasteiger partial charge is 0.353 e. The Morgan fingerprint density at radius 1 is 1.26 bits per heavy atom. The third kappa shape index (κ3) is 3.28. The van der Waals surface area contributed by atoms with E-state index in [-0.39, 0.29) is 29.4 Å². The summed E-state index contributed by atoms with van der Waals surface area (Å²) < 4.78 is 24.3. The lowest BCUT2D eigenvalue weighted by molar-refractivity contribution is -0.128. The molecule has 1 atom stereocenters. The lowest BCUT2D eigenvalue weighted by Crippen LogP contribution is -2.56. The Bertz CT molecular complexity index is 1020. The summed E-state index contributed by atoms with van der Waals surface area (Å²) in [6, 6.07) is 6.06. The molecule has 8 heteroatoms. The van der Waals surface area contributed by atoms with Crippen LogP contribution in [0.1, 0.15) is 43.0 Å². The van der Waals surface area contributed by atoms with Crippen LogP contribution >= 0.6 is 22.9 Å². The molecular formula is C19H21ClN2O3S2. The number of hydrogen-bond acceptors (Lipinski definition) is 5. The molecule has 2 aromatic rings. The van der Waals surface area contributed by atoms with Gasteiger partial charge in [0, 0.05) is 17.0 Å². The van der Waals surface area contributed by atoms with Crippen molar-refractivity contribution in [1.82, 2.24) is 10.3 Å². The van der Waals surface area contributed by atoms with E-state index in [0.29, 0.717) is 17.8 Å². The van der Waals surface area contributed by atoms with Gasteiger partial charge >= 0.3 is 0 Å². The Morgan fingerprint density at radius 2 is 2.04 bits per heavy atom. The Labute approximate surface area is 167 Å². The molecule has 3 fully saturated rings. The van der Waals surface area contributed by atoms with Gasteiger partial charge in [0.1, 0.15) is 0 Å². The van der Waals surface area contributed by atoms with E-state index in [0.717, 1.165) is 36.2 Å². The molecule has 1 saturated heterocycles. The Morgan fingerprint density at radius 3 is 2.74 bits per heavy atom. The molecule has 3 aliphatic rings. The van der Waals surface area contributed by atoms with Crippen LogP contribution < -0.4 is 5.32 Å². The molecule has 2 heterocycles. The first-order chi connectivity index (χ1) is 12.8. The fourth-order valence-corrected chi connectivity index (χ4v) is 7.95. The smallest absolute Gasteiger partial charge is 0.224 e. The first kappa shape index (κ1) is 17.9. The highest BCUT2D eigenvalue weighted by molar-refractivity contribution is 7.91. The van der Waals surface area contributed by atoms with Crippen molar-refractivity contribution in [1.29, 1.82) is 0 Å². The topological polar surface area (TPSA) is 76.1 Å². The van der Waals surface area contributed by atoms with Gasteiger partial charge in [0.15, 0.2) is 9.84 Å². The summed E-state index contributed by atoms with van der Waals surface area (Å²) in [6.07, 6.45) is 4.74. The van der Waals surface area contributed by atoms with E-state index in [1.54, 1.807) is 11.3 Å². The summed E-state index contributed by atoms with van der Waals surface area (Å²) in [6.45, 7) is 0. The van der Waals surface area contributed by atoms with E-state index in [1.165, 1.54) is 9.71 Å². The second-order valence-electron chi connectivity index (χ2n) is 8.48. The monoisotopic (exact) mass is 424 g/mol.